The maximum Gasteiger partial charge on any atom is 0.573 e. The highest BCUT2D eigenvalue weighted by Gasteiger charge is 2.59. The normalized spacial score (nSPS) is 21.8. The lowest BCUT2D eigenvalue weighted by atomic mass is 9.77. The summed E-state index contributed by atoms with van der Waals surface area (Å²) in [4.78, 5) is 24.9. The number of benzene rings is 2. The molecule has 3 N–H and O–H groups in total. The first-order valence-electron chi connectivity index (χ1n) is 11.3. The second-order valence-electron chi connectivity index (χ2n) is 9.23. The van der Waals surface area contributed by atoms with Crippen LogP contribution in [0.4, 0.5) is 13.2 Å². The van der Waals surface area contributed by atoms with E-state index < -0.39 is 38.6 Å². The van der Waals surface area contributed by atoms with Gasteiger partial charge in [-0.1, -0.05) is 6.07 Å². The van der Waals surface area contributed by atoms with E-state index in [-0.39, 0.29) is 34.5 Å². The Morgan fingerprint density at radius 1 is 0.944 bits per heavy atom. The molecule has 2 fully saturated rings. The van der Waals surface area contributed by atoms with Crippen molar-refractivity contribution in [3.05, 3.63) is 54.1 Å². The van der Waals surface area contributed by atoms with Crippen LogP contribution in [0.15, 0.2) is 53.4 Å². The number of hydrogen-bond donors (Lipinski definition) is 2. The van der Waals surface area contributed by atoms with E-state index in [0.717, 1.165) is 56.3 Å². The molecule has 2 aliphatic rings. The molecule has 1 heterocycles. The molecule has 0 aromatic heterocycles. The van der Waals surface area contributed by atoms with Gasteiger partial charge in [-0.15, -0.1) is 13.2 Å². The first-order chi connectivity index (χ1) is 16.9. The van der Waals surface area contributed by atoms with Crippen molar-refractivity contribution in [1.82, 2.24) is 5.32 Å². The zero-order valence-electron chi connectivity index (χ0n) is 19.1. The van der Waals surface area contributed by atoms with Gasteiger partial charge in [0.25, 0.3) is 0 Å². The van der Waals surface area contributed by atoms with E-state index in [1.54, 1.807) is 0 Å². The summed E-state index contributed by atoms with van der Waals surface area (Å²) in [6.45, 7) is 1.48. The fourth-order valence-electron chi connectivity index (χ4n) is 5.09. The van der Waals surface area contributed by atoms with Crippen LogP contribution in [0.3, 0.4) is 0 Å². The van der Waals surface area contributed by atoms with E-state index in [1.165, 1.54) is 18.2 Å². The average molecular weight is 527 g/mol. The van der Waals surface area contributed by atoms with Gasteiger partial charge in [-0.25, -0.2) is 13.2 Å². The van der Waals surface area contributed by atoms with Gasteiger partial charge in [-0.3, -0.25) is 4.79 Å². The summed E-state index contributed by atoms with van der Waals surface area (Å²) in [5.41, 5.74) is 5.34. The van der Waals surface area contributed by atoms with Gasteiger partial charge in [0.1, 0.15) is 11.5 Å². The average Bonchev–Trinajstić information content (AvgIpc) is 3.20. The third-order valence-electron chi connectivity index (χ3n) is 7.00. The van der Waals surface area contributed by atoms with Gasteiger partial charge in [0.15, 0.2) is 14.6 Å². The maximum atomic E-state index is 13.7. The number of carbonyl (C=O) groups is 2. The summed E-state index contributed by atoms with van der Waals surface area (Å²) >= 11 is 0. The molecule has 1 aliphatic heterocycles. The van der Waals surface area contributed by atoms with Gasteiger partial charge >= 0.3 is 12.3 Å². The summed E-state index contributed by atoms with van der Waals surface area (Å²) in [5.74, 6) is -2.43. The Hall–Kier alpha value is -3.12. The Morgan fingerprint density at radius 3 is 2.22 bits per heavy atom. The molecule has 36 heavy (non-hydrogen) atoms. The topological polar surface area (TPSA) is 125 Å². The molecule has 1 unspecified atom stereocenters. The SMILES string of the molecule is NC(=O)C1(S(=O)(=O)c2cccc(OC(=O)c3ccc(OC(F)(F)F)cc3)c2)CCC2(CCNCC2)C1. The molecule has 8 nitrogen and oxygen atoms in total. The fourth-order valence-corrected chi connectivity index (χ4v) is 7.21. The number of esters is 1. The number of ether oxygens (including phenoxy) is 2. The number of sulfone groups is 1. The van der Waals surface area contributed by atoms with Crippen LogP contribution in [0, 0.1) is 5.41 Å². The smallest absolute Gasteiger partial charge is 0.423 e. The van der Waals surface area contributed by atoms with Gasteiger partial charge < -0.3 is 20.5 Å². The number of piperidine rings is 1. The lowest BCUT2D eigenvalue weighted by Gasteiger charge is -2.35. The minimum Gasteiger partial charge on any atom is -0.423 e. The lowest BCUT2D eigenvalue weighted by Crippen LogP contribution is -2.50. The van der Waals surface area contributed by atoms with Crippen molar-refractivity contribution in [1.29, 1.82) is 0 Å². The molecule has 1 amide bonds. The van der Waals surface area contributed by atoms with E-state index in [1.807, 2.05) is 0 Å². The first-order valence-corrected chi connectivity index (χ1v) is 12.8. The Balaban J connectivity index is 1.55. The number of rotatable bonds is 6. The molecule has 1 spiro atoms. The summed E-state index contributed by atoms with van der Waals surface area (Å²) in [7, 11) is -4.23. The van der Waals surface area contributed by atoms with Crippen molar-refractivity contribution >= 4 is 21.7 Å². The molecule has 12 heteroatoms. The quantitative estimate of drug-likeness (QED) is 0.437. The van der Waals surface area contributed by atoms with E-state index in [4.69, 9.17) is 10.5 Å². The number of halogens is 3. The number of carbonyl (C=O) groups excluding carboxylic acids is 2. The van der Waals surface area contributed by atoms with Crippen LogP contribution in [-0.2, 0) is 14.6 Å². The number of nitrogens with two attached hydrogens (primary N) is 1. The summed E-state index contributed by atoms with van der Waals surface area (Å²) in [6.07, 6.45) is -2.55. The van der Waals surface area contributed by atoms with Crippen molar-refractivity contribution in [2.45, 2.75) is 48.1 Å². The predicted molar refractivity (Wildman–Crippen MR) is 122 cm³/mol. The minimum absolute atomic E-state index is 0.0740. The third-order valence-corrected chi connectivity index (χ3v) is 9.45. The van der Waals surface area contributed by atoms with Crippen molar-refractivity contribution in [2.24, 2.45) is 11.1 Å². The van der Waals surface area contributed by atoms with Crippen LogP contribution in [-0.4, -0.2) is 44.5 Å². The predicted octanol–water partition coefficient (Wildman–Crippen LogP) is 3.36. The zero-order valence-corrected chi connectivity index (χ0v) is 20.0. The molecule has 0 bridgehead atoms. The highest BCUT2D eigenvalue weighted by atomic mass is 32.2. The molecular weight excluding hydrogens is 501 g/mol. The zero-order chi connectivity index (χ0) is 26.2. The second-order valence-corrected chi connectivity index (χ2v) is 11.5. The molecule has 4 rings (SSSR count). The molecule has 1 atom stereocenters. The molecular formula is C24H25F3N2O6S. The fraction of sp³-hybridized carbons (Fsp3) is 0.417. The molecule has 2 aromatic carbocycles. The summed E-state index contributed by atoms with van der Waals surface area (Å²) in [5, 5.41) is 3.24. The lowest BCUT2D eigenvalue weighted by molar-refractivity contribution is -0.274. The largest absolute Gasteiger partial charge is 0.573 e. The molecule has 2 aromatic rings. The van der Waals surface area contributed by atoms with Gasteiger partial charge in [0.2, 0.25) is 5.91 Å². The van der Waals surface area contributed by atoms with Gasteiger partial charge in [0, 0.05) is 0 Å². The van der Waals surface area contributed by atoms with Crippen LogP contribution >= 0.6 is 0 Å². The van der Waals surface area contributed by atoms with Crippen molar-refractivity contribution in [2.75, 3.05) is 13.1 Å². The Morgan fingerprint density at radius 2 is 1.61 bits per heavy atom. The standard InChI is InChI=1S/C24H25F3N2O6S/c25-24(26,27)35-17-6-4-16(5-7-17)20(30)34-18-2-1-3-19(14-18)36(32,33)23(21(28)31)9-8-22(15-23)10-12-29-13-11-22/h1-7,14,29H,8-13,15H2,(H2,28,31). The third kappa shape index (κ3) is 5.05. The number of alkyl halides is 3. The summed E-state index contributed by atoms with van der Waals surface area (Å²) < 4.78 is 71.7. The molecule has 194 valence electrons. The monoisotopic (exact) mass is 526 g/mol. The summed E-state index contributed by atoms with van der Waals surface area (Å²) in [6, 6.07) is 9.28. The van der Waals surface area contributed by atoms with Gasteiger partial charge in [-0.2, -0.15) is 0 Å². The maximum absolute atomic E-state index is 13.7. The van der Waals surface area contributed by atoms with Crippen LogP contribution in [0.25, 0.3) is 0 Å². The van der Waals surface area contributed by atoms with E-state index in [0.29, 0.717) is 6.42 Å². The van der Waals surface area contributed by atoms with Gasteiger partial charge in [-0.05, 0) is 93.1 Å². The highest BCUT2D eigenvalue weighted by Crippen LogP contribution is 2.54. The molecule has 0 radical (unpaired) electrons. The Labute approximate surface area is 205 Å². The molecule has 1 saturated carbocycles. The van der Waals surface area contributed by atoms with E-state index >= 15 is 0 Å². The van der Waals surface area contributed by atoms with E-state index in [2.05, 4.69) is 10.1 Å². The first kappa shape index (κ1) is 26.0. The van der Waals surface area contributed by atoms with Crippen LogP contribution in [0.2, 0.25) is 0 Å². The van der Waals surface area contributed by atoms with Crippen molar-refractivity contribution in [3.8, 4) is 11.5 Å². The van der Waals surface area contributed by atoms with Crippen LogP contribution in [0.5, 0.6) is 11.5 Å². The number of amides is 1. The second kappa shape index (κ2) is 9.40. The Kier molecular flexibility index (Phi) is 6.78. The van der Waals surface area contributed by atoms with Crippen LogP contribution < -0.4 is 20.5 Å². The van der Waals surface area contributed by atoms with E-state index in [9.17, 15) is 31.2 Å². The van der Waals surface area contributed by atoms with Crippen molar-refractivity contribution < 1.29 is 40.7 Å². The molecule has 1 aliphatic carbocycles. The number of hydrogen-bond acceptors (Lipinski definition) is 7. The van der Waals surface area contributed by atoms with Crippen molar-refractivity contribution in [3.63, 3.8) is 0 Å². The van der Waals surface area contributed by atoms with Gasteiger partial charge in [0.05, 0.1) is 10.5 Å². The molecule has 1 saturated heterocycles. The number of nitrogens with one attached hydrogen (secondary N) is 1. The minimum atomic E-state index is -4.87. The Bertz CT molecular complexity index is 1260. The highest BCUT2D eigenvalue weighted by molar-refractivity contribution is 7.93. The number of primary amides is 1. The van der Waals surface area contributed by atoms with Crippen LogP contribution in [0.1, 0.15) is 42.5 Å².